The molecule has 0 bridgehead atoms. The van der Waals surface area contributed by atoms with Gasteiger partial charge in [-0.1, -0.05) is 0 Å². The van der Waals surface area contributed by atoms with E-state index in [0.717, 1.165) is 0 Å². The van der Waals surface area contributed by atoms with Crippen LogP contribution in [0.2, 0.25) is 0 Å². The van der Waals surface area contributed by atoms with Crippen molar-refractivity contribution in [2.45, 2.75) is 0 Å². The molecule has 0 radical (unpaired) electrons. The highest BCUT2D eigenvalue weighted by Crippen LogP contribution is 1.64. The third-order valence-electron chi connectivity index (χ3n) is 0.294. The molecule has 0 saturated heterocycles. The summed E-state index contributed by atoms with van der Waals surface area (Å²) in [4.78, 5) is 19.0. The van der Waals surface area contributed by atoms with Crippen molar-refractivity contribution in [1.29, 1.82) is 0 Å². The lowest BCUT2D eigenvalue weighted by Gasteiger charge is -1.88. The maximum atomic E-state index is 9.60. The number of nitrogens with two attached hydrogens (primary N) is 1. The molecule has 0 aromatic heterocycles. The number of aldehydes is 1. The second-order valence-corrected chi connectivity index (χ2v) is 0.797. The van der Waals surface area contributed by atoms with Gasteiger partial charge >= 0.3 is 6.09 Å². The fraction of sp³-hybridized carbons (Fsp3) is 0.333. The molecule has 0 spiro atoms. The van der Waals surface area contributed by atoms with Gasteiger partial charge in [0.05, 0.1) is 0 Å². The van der Waals surface area contributed by atoms with Crippen molar-refractivity contribution < 1.29 is 14.3 Å². The Hall–Kier alpha value is -1.06. The van der Waals surface area contributed by atoms with Gasteiger partial charge in [-0.3, -0.25) is 4.79 Å². The molecule has 0 fully saturated rings. The monoisotopic (exact) mass is 103 g/mol. The summed E-state index contributed by atoms with van der Waals surface area (Å²) in [6.45, 7) is -0.255. The van der Waals surface area contributed by atoms with Crippen LogP contribution in [0, 0.1) is 0 Å². The molecule has 0 aliphatic carbocycles. The van der Waals surface area contributed by atoms with E-state index in [9.17, 15) is 9.59 Å². The van der Waals surface area contributed by atoms with Crippen molar-refractivity contribution in [3.63, 3.8) is 0 Å². The highest BCUT2D eigenvalue weighted by Gasteiger charge is 1.86. The summed E-state index contributed by atoms with van der Waals surface area (Å²) >= 11 is 0. The Morgan fingerprint density at radius 1 is 1.86 bits per heavy atom. The summed E-state index contributed by atoms with van der Waals surface area (Å²) < 4.78 is 3.96. The van der Waals surface area contributed by atoms with E-state index in [1.165, 1.54) is 0 Å². The fourth-order valence-corrected chi connectivity index (χ4v) is 0.116. The molecule has 0 saturated carbocycles. The van der Waals surface area contributed by atoms with E-state index in [-0.39, 0.29) is 6.61 Å². The lowest BCUT2D eigenvalue weighted by molar-refractivity contribution is -0.110. The van der Waals surface area contributed by atoms with Gasteiger partial charge in [0.25, 0.3) is 0 Å². The number of hydrogen-bond donors (Lipinski definition) is 1. The number of carbonyl (C=O) groups is 2. The normalized spacial score (nSPS) is 7.43. The number of primary amides is 1. The Morgan fingerprint density at radius 2 is 2.43 bits per heavy atom. The van der Waals surface area contributed by atoms with Crippen LogP contribution in [0.1, 0.15) is 0 Å². The minimum atomic E-state index is -0.924. The quantitative estimate of drug-likeness (QED) is 0.469. The van der Waals surface area contributed by atoms with Crippen LogP contribution in [0.5, 0.6) is 0 Å². The SMILES string of the molecule is NC(=O)OCC=O. The van der Waals surface area contributed by atoms with Crippen molar-refractivity contribution in [1.82, 2.24) is 0 Å². The van der Waals surface area contributed by atoms with Crippen LogP contribution in [0.25, 0.3) is 0 Å². The van der Waals surface area contributed by atoms with Crippen molar-refractivity contribution in [2.75, 3.05) is 6.61 Å². The first-order valence-corrected chi connectivity index (χ1v) is 1.63. The van der Waals surface area contributed by atoms with Gasteiger partial charge in [0.1, 0.15) is 6.61 Å². The first-order chi connectivity index (χ1) is 3.27. The highest BCUT2D eigenvalue weighted by molar-refractivity contribution is 5.67. The molecule has 0 unspecified atom stereocenters. The average Bonchev–Trinajstić information content (AvgIpc) is 1.61. The van der Waals surface area contributed by atoms with Crippen molar-refractivity contribution >= 4 is 12.4 Å². The Labute approximate surface area is 40.2 Å². The number of rotatable bonds is 2. The zero-order chi connectivity index (χ0) is 5.70. The molecule has 0 aliphatic rings. The topological polar surface area (TPSA) is 69.4 Å². The smallest absolute Gasteiger partial charge is 0.404 e. The third kappa shape index (κ3) is 4.94. The summed E-state index contributed by atoms with van der Waals surface area (Å²) in [7, 11) is 0. The molecule has 0 aromatic carbocycles. The first-order valence-electron chi connectivity index (χ1n) is 1.63. The second kappa shape index (κ2) is 3.14. The van der Waals surface area contributed by atoms with Gasteiger partial charge < -0.3 is 10.5 Å². The molecule has 0 atom stereocenters. The Bertz CT molecular complexity index is 80.2. The van der Waals surface area contributed by atoms with Crippen LogP contribution in [0.3, 0.4) is 0 Å². The summed E-state index contributed by atoms with van der Waals surface area (Å²) in [5.74, 6) is 0. The van der Waals surface area contributed by atoms with Crippen molar-refractivity contribution in [3.8, 4) is 0 Å². The minimum absolute atomic E-state index is 0.255. The number of amides is 1. The van der Waals surface area contributed by atoms with E-state index < -0.39 is 6.09 Å². The highest BCUT2D eigenvalue weighted by atomic mass is 16.5. The molecule has 0 rings (SSSR count). The number of hydrogen-bond acceptors (Lipinski definition) is 3. The second-order valence-electron chi connectivity index (χ2n) is 0.797. The maximum Gasteiger partial charge on any atom is 0.404 e. The molecule has 4 nitrogen and oxygen atoms in total. The van der Waals surface area contributed by atoms with E-state index in [1.807, 2.05) is 0 Å². The van der Waals surface area contributed by atoms with E-state index >= 15 is 0 Å². The molecular formula is C3H5NO3. The van der Waals surface area contributed by atoms with Crippen LogP contribution in [-0.4, -0.2) is 19.0 Å². The van der Waals surface area contributed by atoms with Gasteiger partial charge in [-0.15, -0.1) is 0 Å². The molecule has 0 heterocycles. The van der Waals surface area contributed by atoms with E-state index in [4.69, 9.17) is 0 Å². The van der Waals surface area contributed by atoms with Gasteiger partial charge in [0.2, 0.25) is 0 Å². The van der Waals surface area contributed by atoms with Crippen LogP contribution in [-0.2, 0) is 9.53 Å². The predicted octanol–water partition coefficient (Wildman–Crippen LogP) is -0.719. The summed E-state index contributed by atoms with van der Waals surface area (Å²) in [5, 5.41) is 0. The Balaban J connectivity index is 2.97. The lowest BCUT2D eigenvalue weighted by atomic mass is 10.8. The van der Waals surface area contributed by atoms with Gasteiger partial charge in [0, 0.05) is 0 Å². The van der Waals surface area contributed by atoms with Gasteiger partial charge in [-0.05, 0) is 0 Å². The summed E-state index contributed by atoms with van der Waals surface area (Å²) in [6.07, 6.45) is -0.475. The molecule has 7 heavy (non-hydrogen) atoms. The van der Waals surface area contributed by atoms with Crippen LogP contribution >= 0.6 is 0 Å². The van der Waals surface area contributed by atoms with Crippen LogP contribution in [0.4, 0.5) is 4.79 Å². The minimum Gasteiger partial charge on any atom is -0.442 e. The number of carbonyl (C=O) groups excluding carboxylic acids is 2. The van der Waals surface area contributed by atoms with E-state index in [1.54, 1.807) is 0 Å². The zero-order valence-corrected chi connectivity index (χ0v) is 3.59. The third-order valence-corrected chi connectivity index (χ3v) is 0.294. The largest absolute Gasteiger partial charge is 0.442 e. The molecule has 4 heteroatoms. The first kappa shape index (κ1) is 5.94. The van der Waals surface area contributed by atoms with Crippen LogP contribution in [0.15, 0.2) is 0 Å². The van der Waals surface area contributed by atoms with Gasteiger partial charge in [-0.25, -0.2) is 4.79 Å². The van der Waals surface area contributed by atoms with Crippen molar-refractivity contribution in [2.24, 2.45) is 5.73 Å². The van der Waals surface area contributed by atoms with Crippen LogP contribution < -0.4 is 5.73 Å². The lowest BCUT2D eigenvalue weighted by Crippen LogP contribution is -2.13. The fourth-order valence-electron chi connectivity index (χ4n) is 0.116. The molecule has 0 aromatic rings. The molecule has 1 amide bonds. The molecular weight excluding hydrogens is 98.0 g/mol. The Morgan fingerprint density at radius 3 is 2.57 bits per heavy atom. The number of ether oxygens (including phenoxy) is 1. The summed E-state index contributed by atoms with van der Waals surface area (Å²) in [5.41, 5.74) is 4.46. The molecule has 0 aliphatic heterocycles. The van der Waals surface area contributed by atoms with Crippen molar-refractivity contribution in [3.05, 3.63) is 0 Å². The predicted molar refractivity (Wildman–Crippen MR) is 21.6 cm³/mol. The summed E-state index contributed by atoms with van der Waals surface area (Å²) in [6, 6.07) is 0. The van der Waals surface area contributed by atoms with Gasteiger partial charge in [0.15, 0.2) is 6.29 Å². The van der Waals surface area contributed by atoms with E-state index in [0.29, 0.717) is 6.29 Å². The molecule has 2 N–H and O–H groups in total. The average molecular weight is 103 g/mol. The van der Waals surface area contributed by atoms with E-state index in [2.05, 4.69) is 10.5 Å². The van der Waals surface area contributed by atoms with Gasteiger partial charge in [-0.2, -0.15) is 0 Å². The zero-order valence-electron chi connectivity index (χ0n) is 3.59. The Kier molecular flexibility index (Phi) is 2.67. The molecule has 40 valence electrons. The standard InChI is InChI=1S/C3H5NO3/c4-3(6)7-2-1-5/h1H,2H2,(H2,4,6). The maximum absolute atomic E-state index is 9.60.